The van der Waals surface area contributed by atoms with Crippen LogP contribution in [-0.4, -0.2) is 41.8 Å². The number of carbonyl (C=O) groups is 2. The van der Waals surface area contributed by atoms with Gasteiger partial charge in [-0.15, -0.1) is 0 Å². The van der Waals surface area contributed by atoms with Crippen molar-refractivity contribution >= 4 is 17.5 Å². The second-order valence-electron chi connectivity index (χ2n) is 7.95. The summed E-state index contributed by atoms with van der Waals surface area (Å²) in [4.78, 5) is 28.2. The number of rotatable bonds is 6. The van der Waals surface area contributed by atoms with E-state index in [1.165, 1.54) is 19.2 Å². The van der Waals surface area contributed by atoms with Gasteiger partial charge in [-0.25, -0.2) is 4.39 Å². The van der Waals surface area contributed by atoms with Crippen molar-refractivity contribution in [2.24, 2.45) is 11.7 Å². The molecule has 1 aliphatic heterocycles. The maximum absolute atomic E-state index is 14.5. The Kier molecular flexibility index (Phi) is 6.83. The third kappa shape index (κ3) is 4.29. The molecular formula is C22H22F5N3O4. The largest absolute Gasteiger partial charge is 0.493 e. The summed E-state index contributed by atoms with van der Waals surface area (Å²) in [5.41, 5.74) is 2.09. The highest BCUT2D eigenvalue weighted by molar-refractivity contribution is 5.97. The Labute approximate surface area is 191 Å². The zero-order valence-corrected chi connectivity index (χ0v) is 18.4. The Bertz CT molecular complexity index is 1110. The SMILES string of the molecule is CC[C@@H]1[C@H](c2ccc(F)c(F)c2OC)[C@H](C(=O)Nc2ccnc(C(N)=O)c2)O[C@]1(C)C(F)(F)F. The summed E-state index contributed by atoms with van der Waals surface area (Å²) in [6, 6.07) is 4.27. The third-order valence-electron chi connectivity index (χ3n) is 6.02. The predicted molar refractivity (Wildman–Crippen MR) is 110 cm³/mol. The molecule has 184 valence electrons. The van der Waals surface area contributed by atoms with Crippen LogP contribution in [0.3, 0.4) is 0 Å². The van der Waals surface area contributed by atoms with E-state index in [9.17, 15) is 31.5 Å². The molecule has 4 atom stereocenters. The highest BCUT2D eigenvalue weighted by atomic mass is 19.4. The molecule has 2 amide bonds. The minimum atomic E-state index is -4.89. The molecule has 0 saturated carbocycles. The van der Waals surface area contributed by atoms with Crippen molar-refractivity contribution in [1.82, 2.24) is 4.98 Å². The van der Waals surface area contributed by atoms with E-state index in [0.29, 0.717) is 0 Å². The van der Waals surface area contributed by atoms with Crippen molar-refractivity contribution in [1.29, 1.82) is 0 Å². The number of methoxy groups -OCH3 is 1. The van der Waals surface area contributed by atoms with Crippen LogP contribution in [0.4, 0.5) is 27.6 Å². The monoisotopic (exact) mass is 487 g/mol. The van der Waals surface area contributed by atoms with Gasteiger partial charge in [-0.2, -0.15) is 17.6 Å². The lowest BCUT2D eigenvalue weighted by Gasteiger charge is -2.33. The van der Waals surface area contributed by atoms with Gasteiger partial charge in [-0.3, -0.25) is 14.6 Å². The van der Waals surface area contributed by atoms with Crippen molar-refractivity contribution in [3.05, 3.63) is 53.4 Å². The predicted octanol–water partition coefficient (Wildman–Crippen LogP) is 3.94. The van der Waals surface area contributed by atoms with Crippen LogP contribution in [0.25, 0.3) is 0 Å². The quantitative estimate of drug-likeness (QED) is 0.601. The zero-order chi connectivity index (χ0) is 25.4. The van der Waals surface area contributed by atoms with E-state index in [0.717, 1.165) is 32.2 Å². The van der Waals surface area contributed by atoms with Crippen LogP contribution in [0, 0.1) is 17.6 Å². The fourth-order valence-corrected chi connectivity index (χ4v) is 4.37. The van der Waals surface area contributed by atoms with E-state index in [-0.39, 0.29) is 23.4 Å². The van der Waals surface area contributed by atoms with E-state index in [1.807, 2.05) is 0 Å². The lowest BCUT2D eigenvalue weighted by atomic mass is 9.74. The Hall–Kier alpha value is -3.28. The molecule has 1 saturated heterocycles. The van der Waals surface area contributed by atoms with Crippen LogP contribution < -0.4 is 15.8 Å². The molecule has 0 unspecified atom stereocenters. The van der Waals surface area contributed by atoms with Gasteiger partial charge in [0.2, 0.25) is 5.82 Å². The highest BCUT2D eigenvalue weighted by Gasteiger charge is 2.66. The lowest BCUT2D eigenvalue weighted by Crippen LogP contribution is -2.48. The van der Waals surface area contributed by atoms with Gasteiger partial charge in [-0.05, 0) is 31.5 Å². The number of nitrogens with zero attached hydrogens (tertiary/aromatic N) is 1. The molecule has 0 radical (unpaired) electrons. The maximum atomic E-state index is 14.5. The van der Waals surface area contributed by atoms with Gasteiger partial charge in [0, 0.05) is 29.3 Å². The van der Waals surface area contributed by atoms with Gasteiger partial charge in [0.05, 0.1) is 7.11 Å². The Balaban J connectivity index is 2.11. The smallest absolute Gasteiger partial charge is 0.417 e. The topological polar surface area (TPSA) is 104 Å². The molecule has 1 aromatic carbocycles. The van der Waals surface area contributed by atoms with E-state index in [1.54, 1.807) is 0 Å². The molecule has 3 N–H and O–H groups in total. The molecule has 1 fully saturated rings. The number of halogens is 5. The number of alkyl halides is 3. The van der Waals surface area contributed by atoms with Crippen LogP contribution in [0.5, 0.6) is 5.75 Å². The summed E-state index contributed by atoms with van der Waals surface area (Å²) >= 11 is 0. The van der Waals surface area contributed by atoms with E-state index in [2.05, 4.69) is 10.3 Å². The average molecular weight is 487 g/mol. The summed E-state index contributed by atoms with van der Waals surface area (Å²) in [6.45, 7) is 2.28. The second-order valence-corrected chi connectivity index (χ2v) is 7.95. The molecule has 3 rings (SSSR count). The standard InChI is InChI=1S/C22H22F5N3O4/c1-4-12-15(11-5-6-13(23)16(24)17(11)33-3)18(34-21(12,2)22(25,26)27)20(32)30-10-7-8-29-14(9-10)19(28)31/h5-9,12,15,18H,4H2,1-3H3,(H2,28,31)(H,29,30,32)/t12-,15+,18-,21+/m1/s1. The number of benzene rings is 1. The molecule has 0 bridgehead atoms. The average Bonchev–Trinajstić information content (AvgIpc) is 3.09. The Morgan fingerprint density at radius 2 is 1.94 bits per heavy atom. The molecule has 7 nitrogen and oxygen atoms in total. The highest BCUT2D eigenvalue weighted by Crippen LogP contribution is 2.56. The second kappa shape index (κ2) is 9.16. The van der Waals surface area contributed by atoms with E-state index in [4.69, 9.17) is 15.2 Å². The van der Waals surface area contributed by atoms with Crippen LogP contribution >= 0.6 is 0 Å². The van der Waals surface area contributed by atoms with Crippen LogP contribution in [0.2, 0.25) is 0 Å². The van der Waals surface area contributed by atoms with Crippen molar-refractivity contribution in [3.8, 4) is 5.75 Å². The van der Waals surface area contributed by atoms with Gasteiger partial charge >= 0.3 is 6.18 Å². The summed E-state index contributed by atoms with van der Waals surface area (Å²) in [7, 11) is 1.04. The van der Waals surface area contributed by atoms with E-state index >= 15 is 0 Å². The molecule has 12 heteroatoms. The summed E-state index contributed by atoms with van der Waals surface area (Å²) in [6.07, 6.45) is -5.58. The number of hydrogen-bond acceptors (Lipinski definition) is 5. The zero-order valence-electron chi connectivity index (χ0n) is 18.4. The normalized spacial score (nSPS) is 24.6. The number of pyridine rings is 1. The molecule has 0 aliphatic carbocycles. The van der Waals surface area contributed by atoms with E-state index < -0.39 is 58.9 Å². The first kappa shape index (κ1) is 25.3. The first-order valence-electron chi connectivity index (χ1n) is 10.2. The van der Waals surface area contributed by atoms with Crippen LogP contribution in [-0.2, 0) is 9.53 Å². The Morgan fingerprint density at radius 3 is 2.50 bits per heavy atom. The number of ether oxygens (including phenoxy) is 2. The van der Waals surface area contributed by atoms with Gasteiger partial charge < -0.3 is 20.5 Å². The molecule has 0 spiro atoms. The summed E-state index contributed by atoms with van der Waals surface area (Å²) < 4.78 is 80.9. The van der Waals surface area contributed by atoms with Gasteiger partial charge in [0.25, 0.3) is 11.8 Å². The molecule has 34 heavy (non-hydrogen) atoms. The number of primary amides is 1. The number of hydrogen-bond donors (Lipinski definition) is 2. The molecule has 1 aliphatic rings. The number of nitrogens with two attached hydrogens (primary N) is 1. The van der Waals surface area contributed by atoms with Crippen LogP contribution in [0.15, 0.2) is 30.5 Å². The fourth-order valence-electron chi connectivity index (χ4n) is 4.37. The summed E-state index contributed by atoms with van der Waals surface area (Å²) in [5, 5.41) is 2.39. The molecular weight excluding hydrogens is 465 g/mol. The first-order chi connectivity index (χ1) is 15.9. The number of carbonyl (C=O) groups excluding carboxylic acids is 2. The van der Waals surface area contributed by atoms with Crippen molar-refractivity contribution in [2.45, 2.75) is 44.1 Å². The number of nitrogens with one attached hydrogen (secondary N) is 1. The van der Waals surface area contributed by atoms with Gasteiger partial charge in [0.15, 0.2) is 17.2 Å². The summed E-state index contributed by atoms with van der Waals surface area (Å²) in [5.74, 6) is -7.84. The first-order valence-corrected chi connectivity index (χ1v) is 10.2. The van der Waals surface area contributed by atoms with Gasteiger partial charge in [-0.1, -0.05) is 13.0 Å². The number of amides is 2. The number of anilines is 1. The minimum absolute atomic E-state index is 0.0297. The van der Waals surface area contributed by atoms with Crippen molar-refractivity contribution in [3.63, 3.8) is 0 Å². The number of aromatic nitrogens is 1. The third-order valence-corrected chi connectivity index (χ3v) is 6.02. The van der Waals surface area contributed by atoms with Gasteiger partial charge in [0.1, 0.15) is 11.8 Å². The van der Waals surface area contributed by atoms with Crippen molar-refractivity contribution in [2.75, 3.05) is 12.4 Å². The lowest BCUT2D eigenvalue weighted by molar-refractivity contribution is -0.274. The maximum Gasteiger partial charge on any atom is 0.417 e. The Morgan fingerprint density at radius 1 is 1.26 bits per heavy atom. The van der Waals surface area contributed by atoms with Crippen molar-refractivity contribution < 1.29 is 41.0 Å². The fraction of sp³-hybridized carbons (Fsp3) is 0.409. The minimum Gasteiger partial charge on any atom is -0.493 e. The molecule has 1 aromatic heterocycles. The molecule has 2 heterocycles. The molecule has 2 aromatic rings. The van der Waals surface area contributed by atoms with Crippen LogP contribution in [0.1, 0.15) is 42.2 Å².